The van der Waals surface area contributed by atoms with Crippen LogP contribution in [0.5, 0.6) is 0 Å². The van der Waals surface area contributed by atoms with Crippen molar-refractivity contribution in [3.63, 3.8) is 0 Å². The molecule has 132 valence electrons. The molecular weight excluding hydrogens is 330 g/mol. The fourth-order valence-corrected chi connectivity index (χ4v) is 2.89. The van der Waals surface area contributed by atoms with E-state index in [0.717, 1.165) is 16.3 Å². The molecule has 0 atom stereocenters. The first kappa shape index (κ1) is 17.6. The highest BCUT2D eigenvalue weighted by Gasteiger charge is 2.16. The molecule has 3 rings (SSSR count). The number of nitrogens with zero attached hydrogens (tertiary/aromatic N) is 1. The predicted octanol–water partition coefficient (Wildman–Crippen LogP) is 2.45. The van der Waals surface area contributed by atoms with E-state index in [0.29, 0.717) is 17.8 Å². The zero-order chi connectivity index (χ0) is 18.5. The van der Waals surface area contributed by atoms with Crippen molar-refractivity contribution in [3.05, 3.63) is 77.9 Å². The summed E-state index contributed by atoms with van der Waals surface area (Å²) in [6, 6.07) is 20.3. The highest BCUT2D eigenvalue weighted by atomic mass is 16.5. The van der Waals surface area contributed by atoms with Crippen LogP contribution < -0.4 is 16.1 Å². The number of carbonyl (C=O) groups excluding carboxylic acids is 2. The fourth-order valence-electron chi connectivity index (χ4n) is 2.89. The fraction of sp³-hybridized carbons (Fsp3) is 0.100. The second-order valence-corrected chi connectivity index (χ2v) is 5.81. The zero-order valence-corrected chi connectivity index (χ0v) is 14.1. The van der Waals surface area contributed by atoms with Gasteiger partial charge in [0.15, 0.2) is 0 Å². The summed E-state index contributed by atoms with van der Waals surface area (Å²) < 4.78 is 0. The van der Waals surface area contributed by atoms with Crippen LogP contribution in [0.25, 0.3) is 10.8 Å². The van der Waals surface area contributed by atoms with E-state index in [-0.39, 0.29) is 12.5 Å². The minimum Gasteiger partial charge on any atom is -0.322 e. The molecule has 0 bridgehead atoms. The lowest BCUT2D eigenvalue weighted by atomic mass is 10.0. The van der Waals surface area contributed by atoms with Gasteiger partial charge in [0.1, 0.15) is 0 Å². The second kappa shape index (κ2) is 7.77. The number of rotatable bonds is 5. The second-order valence-electron chi connectivity index (χ2n) is 5.81. The van der Waals surface area contributed by atoms with Crippen LogP contribution in [0.15, 0.2) is 66.7 Å². The molecule has 0 unspecified atom stereocenters. The third kappa shape index (κ3) is 3.56. The van der Waals surface area contributed by atoms with Gasteiger partial charge < -0.3 is 10.6 Å². The Hall–Kier alpha value is -3.22. The van der Waals surface area contributed by atoms with Crippen molar-refractivity contribution in [1.82, 2.24) is 5.48 Å². The highest BCUT2D eigenvalue weighted by molar-refractivity contribution is 5.97. The molecule has 0 aliphatic heterocycles. The molecule has 6 heteroatoms. The number of nitrogens with two attached hydrogens (primary N) is 1. The topological polar surface area (TPSA) is 95.7 Å². The number of hydrogen-bond donors (Lipinski definition) is 3. The van der Waals surface area contributed by atoms with Gasteiger partial charge in [-0.3, -0.25) is 14.8 Å². The molecule has 0 aliphatic rings. The van der Waals surface area contributed by atoms with E-state index in [9.17, 15) is 9.59 Å². The Labute approximate surface area is 150 Å². The Morgan fingerprint density at radius 1 is 0.962 bits per heavy atom. The SMILES string of the molecule is NCC(=O)N(Cc1cccc2ccccc12)c1ccc(C(=O)NO)cc1. The van der Waals surface area contributed by atoms with Gasteiger partial charge in [-0.25, -0.2) is 5.48 Å². The van der Waals surface area contributed by atoms with E-state index >= 15 is 0 Å². The summed E-state index contributed by atoms with van der Waals surface area (Å²) in [5.41, 5.74) is 9.09. The molecular formula is C20H19N3O3. The molecule has 26 heavy (non-hydrogen) atoms. The van der Waals surface area contributed by atoms with E-state index < -0.39 is 5.91 Å². The average Bonchev–Trinajstić information content (AvgIpc) is 2.71. The van der Waals surface area contributed by atoms with E-state index in [4.69, 9.17) is 10.9 Å². The Balaban J connectivity index is 1.96. The van der Waals surface area contributed by atoms with E-state index in [1.54, 1.807) is 34.6 Å². The van der Waals surface area contributed by atoms with Gasteiger partial charge in [-0.05, 0) is 40.6 Å². The normalized spacial score (nSPS) is 10.5. The smallest absolute Gasteiger partial charge is 0.274 e. The molecule has 0 saturated heterocycles. The first-order valence-electron chi connectivity index (χ1n) is 8.15. The molecule has 3 aromatic rings. The van der Waals surface area contributed by atoms with Crippen LogP contribution in [-0.2, 0) is 11.3 Å². The quantitative estimate of drug-likeness (QED) is 0.487. The van der Waals surface area contributed by atoms with Crippen molar-refractivity contribution in [2.45, 2.75) is 6.54 Å². The van der Waals surface area contributed by atoms with Crippen molar-refractivity contribution in [3.8, 4) is 0 Å². The number of benzene rings is 3. The predicted molar refractivity (Wildman–Crippen MR) is 99.9 cm³/mol. The Kier molecular flexibility index (Phi) is 5.26. The van der Waals surface area contributed by atoms with Crippen LogP contribution in [0, 0.1) is 0 Å². The number of carbonyl (C=O) groups is 2. The van der Waals surface area contributed by atoms with Crippen LogP contribution in [0.3, 0.4) is 0 Å². The van der Waals surface area contributed by atoms with Crippen LogP contribution in [0.2, 0.25) is 0 Å². The number of fused-ring (bicyclic) bond motifs is 1. The largest absolute Gasteiger partial charge is 0.322 e. The minimum atomic E-state index is -0.609. The zero-order valence-electron chi connectivity index (χ0n) is 14.1. The molecule has 0 fully saturated rings. The average molecular weight is 349 g/mol. The maximum absolute atomic E-state index is 12.4. The van der Waals surface area contributed by atoms with Crippen LogP contribution >= 0.6 is 0 Å². The summed E-state index contributed by atoms with van der Waals surface area (Å²) in [5, 5.41) is 10.9. The van der Waals surface area contributed by atoms with Gasteiger partial charge in [-0.2, -0.15) is 0 Å². The summed E-state index contributed by atoms with van der Waals surface area (Å²) in [5.74, 6) is -0.834. The maximum atomic E-state index is 12.4. The number of amides is 2. The molecule has 2 amide bonds. The monoisotopic (exact) mass is 349 g/mol. The molecule has 6 nitrogen and oxygen atoms in total. The number of hydrogen-bond acceptors (Lipinski definition) is 4. The van der Waals surface area contributed by atoms with Gasteiger partial charge >= 0.3 is 0 Å². The summed E-state index contributed by atoms with van der Waals surface area (Å²) >= 11 is 0. The van der Waals surface area contributed by atoms with Gasteiger partial charge in [-0.15, -0.1) is 0 Å². The lowest BCUT2D eigenvalue weighted by molar-refractivity contribution is -0.117. The third-order valence-electron chi connectivity index (χ3n) is 4.23. The molecule has 0 heterocycles. The first-order valence-corrected chi connectivity index (χ1v) is 8.15. The van der Waals surface area contributed by atoms with Crippen LogP contribution in [0.4, 0.5) is 5.69 Å². The lowest BCUT2D eigenvalue weighted by Crippen LogP contribution is -2.35. The Bertz CT molecular complexity index is 933. The number of nitrogens with one attached hydrogen (secondary N) is 1. The minimum absolute atomic E-state index is 0.121. The number of anilines is 1. The summed E-state index contributed by atoms with van der Waals surface area (Å²) in [4.78, 5) is 25.5. The van der Waals surface area contributed by atoms with Crippen molar-refractivity contribution >= 4 is 28.3 Å². The summed E-state index contributed by atoms with van der Waals surface area (Å²) in [6.07, 6.45) is 0. The lowest BCUT2D eigenvalue weighted by Gasteiger charge is -2.23. The molecule has 4 N–H and O–H groups in total. The molecule has 0 saturated carbocycles. The molecule has 0 radical (unpaired) electrons. The van der Waals surface area contributed by atoms with Crippen molar-refractivity contribution in [2.24, 2.45) is 5.73 Å². The van der Waals surface area contributed by atoms with Crippen molar-refractivity contribution < 1.29 is 14.8 Å². The Morgan fingerprint density at radius 2 is 1.65 bits per heavy atom. The Morgan fingerprint density at radius 3 is 2.35 bits per heavy atom. The number of hydroxylamine groups is 1. The van der Waals surface area contributed by atoms with Crippen molar-refractivity contribution in [1.29, 1.82) is 0 Å². The van der Waals surface area contributed by atoms with Crippen LogP contribution in [0.1, 0.15) is 15.9 Å². The first-order chi connectivity index (χ1) is 12.6. The van der Waals surface area contributed by atoms with Crippen LogP contribution in [-0.4, -0.2) is 23.6 Å². The van der Waals surface area contributed by atoms with Gasteiger partial charge in [0.05, 0.1) is 13.1 Å². The molecule has 0 aromatic heterocycles. The summed E-state index contributed by atoms with van der Waals surface area (Å²) in [6.45, 7) is 0.243. The maximum Gasteiger partial charge on any atom is 0.274 e. The van der Waals surface area contributed by atoms with Gasteiger partial charge in [0.25, 0.3) is 5.91 Å². The standard InChI is InChI=1S/C20H19N3O3/c21-12-19(24)23(17-10-8-15(9-11-17)20(25)22-26)13-16-6-3-5-14-4-1-2-7-18(14)16/h1-11,26H,12-13,21H2,(H,22,25). The summed E-state index contributed by atoms with van der Waals surface area (Å²) in [7, 11) is 0. The van der Waals surface area contributed by atoms with E-state index in [1.165, 1.54) is 0 Å². The van der Waals surface area contributed by atoms with Gasteiger partial charge in [-0.1, -0.05) is 42.5 Å². The van der Waals surface area contributed by atoms with Gasteiger partial charge in [0, 0.05) is 11.3 Å². The molecule has 0 aliphatic carbocycles. The molecule has 3 aromatic carbocycles. The molecule has 0 spiro atoms. The van der Waals surface area contributed by atoms with E-state index in [2.05, 4.69) is 0 Å². The third-order valence-corrected chi connectivity index (χ3v) is 4.23. The van der Waals surface area contributed by atoms with Crippen molar-refractivity contribution in [2.75, 3.05) is 11.4 Å². The highest BCUT2D eigenvalue weighted by Crippen LogP contribution is 2.23. The van der Waals surface area contributed by atoms with E-state index in [1.807, 2.05) is 42.5 Å². The van der Waals surface area contributed by atoms with Gasteiger partial charge in [0.2, 0.25) is 5.91 Å².